The summed E-state index contributed by atoms with van der Waals surface area (Å²) in [6.45, 7) is 4.17. The summed E-state index contributed by atoms with van der Waals surface area (Å²) in [6, 6.07) is 8.08. The third-order valence-electron chi connectivity index (χ3n) is 4.55. The van der Waals surface area contributed by atoms with Gasteiger partial charge in [0.2, 0.25) is 11.8 Å². The molecule has 1 aromatic carbocycles. The number of fused-ring (bicyclic) bond motifs is 1. The van der Waals surface area contributed by atoms with E-state index in [9.17, 15) is 14.4 Å². The summed E-state index contributed by atoms with van der Waals surface area (Å²) in [6.07, 6.45) is 0.216. The number of β-lactam (4-membered cyclic amide) rings is 1. The molecule has 0 aliphatic carbocycles. The fourth-order valence-electron chi connectivity index (χ4n) is 3.37. The third kappa shape index (κ3) is 3.43. The lowest BCUT2D eigenvalue weighted by atomic mass is 9.96. The van der Waals surface area contributed by atoms with Gasteiger partial charge in [0.25, 0.3) is 0 Å². The molecule has 2 amide bonds. The fourth-order valence-corrected chi connectivity index (χ4v) is 4.99. The van der Waals surface area contributed by atoms with Crippen LogP contribution in [0.4, 0.5) is 0 Å². The zero-order valence-electron chi connectivity index (χ0n) is 14.8. The average molecular weight is 377 g/mol. The number of esters is 1. The SMILES string of the molecule is CC1(C)S[C@@H]2[C@H](NC(=O)Cc3ccccc3)C(=O)N2[C@H]1C(=O)OCCN. The van der Waals surface area contributed by atoms with Crippen molar-refractivity contribution >= 4 is 29.5 Å². The molecule has 26 heavy (non-hydrogen) atoms. The van der Waals surface area contributed by atoms with Crippen molar-refractivity contribution in [2.75, 3.05) is 13.2 Å². The van der Waals surface area contributed by atoms with Crippen LogP contribution in [0.15, 0.2) is 30.3 Å². The van der Waals surface area contributed by atoms with E-state index in [1.807, 2.05) is 44.2 Å². The van der Waals surface area contributed by atoms with Gasteiger partial charge in [0, 0.05) is 11.3 Å². The number of carbonyl (C=O) groups is 3. The van der Waals surface area contributed by atoms with Crippen LogP contribution in [0.2, 0.25) is 0 Å². The maximum Gasteiger partial charge on any atom is 0.330 e. The predicted octanol–water partition coefficient (Wildman–Crippen LogP) is 0.278. The van der Waals surface area contributed by atoms with E-state index in [1.54, 1.807) is 0 Å². The molecule has 2 saturated heterocycles. The monoisotopic (exact) mass is 377 g/mol. The molecule has 8 heteroatoms. The Morgan fingerprint density at radius 2 is 2.00 bits per heavy atom. The van der Waals surface area contributed by atoms with Crippen molar-refractivity contribution in [2.24, 2.45) is 5.73 Å². The van der Waals surface area contributed by atoms with E-state index < -0.39 is 22.8 Å². The molecule has 0 radical (unpaired) electrons. The second-order valence-electron chi connectivity index (χ2n) is 6.92. The average Bonchev–Trinajstić information content (AvgIpc) is 2.86. The number of amides is 2. The summed E-state index contributed by atoms with van der Waals surface area (Å²) < 4.78 is 4.65. The van der Waals surface area contributed by atoms with Crippen molar-refractivity contribution in [3.8, 4) is 0 Å². The van der Waals surface area contributed by atoms with E-state index in [0.29, 0.717) is 0 Å². The van der Waals surface area contributed by atoms with Crippen LogP contribution in [0.25, 0.3) is 0 Å². The Bertz CT molecular complexity index is 710. The van der Waals surface area contributed by atoms with Gasteiger partial charge in [-0.15, -0.1) is 11.8 Å². The first-order chi connectivity index (χ1) is 12.3. The fraction of sp³-hybridized carbons (Fsp3) is 0.500. The number of hydrogen-bond acceptors (Lipinski definition) is 6. The van der Waals surface area contributed by atoms with Gasteiger partial charge >= 0.3 is 5.97 Å². The molecule has 2 aliphatic rings. The number of nitrogens with one attached hydrogen (secondary N) is 1. The molecule has 2 heterocycles. The van der Waals surface area contributed by atoms with Gasteiger partial charge in [-0.2, -0.15) is 0 Å². The number of nitrogens with zero attached hydrogens (tertiary/aromatic N) is 1. The van der Waals surface area contributed by atoms with Crippen LogP contribution in [0.5, 0.6) is 0 Å². The zero-order valence-corrected chi connectivity index (χ0v) is 15.6. The first-order valence-electron chi connectivity index (χ1n) is 8.55. The molecular formula is C18H23N3O4S. The van der Waals surface area contributed by atoms with Crippen LogP contribution >= 0.6 is 11.8 Å². The lowest BCUT2D eigenvalue weighted by Gasteiger charge is -2.43. The Morgan fingerprint density at radius 3 is 2.65 bits per heavy atom. The first kappa shape index (κ1) is 18.7. The lowest BCUT2D eigenvalue weighted by Crippen LogP contribution is -2.70. The number of nitrogens with two attached hydrogens (primary N) is 1. The molecule has 1 aromatic rings. The highest BCUT2D eigenvalue weighted by Gasteiger charge is 2.64. The number of thioether (sulfide) groups is 1. The molecule has 7 nitrogen and oxygen atoms in total. The van der Waals surface area contributed by atoms with Crippen molar-refractivity contribution in [1.82, 2.24) is 10.2 Å². The van der Waals surface area contributed by atoms with Crippen molar-refractivity contribution < 1.29 is 19.1 Å². The minimum atomic E-state index is -0.668. The van der Waals surface area contributed by atoms with E-state index >= 15 is 0 Å². The van der Waals surface area contributed by atoms with E-state index in [0.717, 1.165) is 5.56 Å². The molecular weight excluding hydrogens is 354 g/mol. The second kappa shape index (κ2) is 7.28. The normalized spacial score (nSPS) is 26.0. The molecule has 3 N–H and O–H groups in total. The summed E-state index contributed by atoms with van der Waals surface area (Å²) >= 11 is 1.51. The predicted molar refractivity (Wildman–Crippen MR) is 98.2 cm³/mol. The van der Waals surface area contributed by atoms with E-state index in [2.05, 4.69) is 5.32 Å². The number of hydrogen-bond donors (Lipinski definition) is 2. The maximum absolute atomic E-state index is 12.6. The summed E-state index contributed by atoms with van der Waals surface area (Å²) in [4.78, 5) is 38.7. The summed E-state index contributed by atoms with van der Waals surface area (Å²) in [5.41, 5.74) is 6.26. The van der Waals surface area contributed by atoms with E-state index in [4.69, 9.17) is 10.5 Å². The smallest absolute Gasteiger partial charge is 0.330 e. The second-order valence-corrected chi connectivity index (χ2v) is 8.69. The van der Waals surface area contributed by atoms with E-state index in [-0.39, 0.29) is 36.8 Å². The largest absolute Gasteiger partial charge is 0.463 e. The number of ether oxygens (including phenoxy) is 1. The van der Waals surface area contributed by atoms with Gasteiger partial charge in [-0.1, -0.05) is 30.3 Å². The minimum absolute atomic E-state index is 0.125. The molecule has 0 unspecified atom stereocenters. The van der Waals surface area contributed by atoms with Gasteiger partial charge in [-0.25, -0.2) is 4.79 Å². The molecule has 0 saturated carbocycles. The number of benzene rings is 1. The molecule has 140 valence electrons. The zero-order chi connectivity index (χ0) is 18.9. The first-order valence-corrected chi connectivity index (χ1v) is 9.43. The molecule has 0 bridgehead atoms. The standard InChI is InChI=1S/C18H23N3O4S/c1-18(2)14(17(24)25-9-8-19)21-15(23)13(16(21)26-18)20-12(22)10-11-6-4-3-5-7-11/h3-7,13-14,16H,8-10,19H2,1-2H3,(H,20,22)/t13-,14+,16-/m1/s1. The summed E-state index contributed by atoms with van der Waals surface area (Å²) in [5.74, 6) is -0.899. The highest BCUT2D eigenvalue weighted by Crippen LogP contribution is 2.51. The molecule has 0 spiro atoms. The Balaban J connectivity index is 1.64. The van der Waals surface area contributed by atoms with Crippen LogP contribution in [0.1, 0.15) is 19.4 Å². The Labute approximate surface area is 156 Å². The van der Waals surface area contributed by atoms with Gasteiger partial charge in [0.05, 0.1) is 6.42 Å². The van der Waals surface area contributed by atoms with Crippen molar-refractivity contribution in [2.45, 2.75) is 42.5 Å². The molecule has 2 aliphatic heterocycles. The van der Waals surface area contributed by atoms with Crippen molar-refractivity contribution in [3.63, 3.8) is 0 Å². The molecule has 0 aromatic heterocycles. The minimum Gasteiger partial charge on any atom is -0.463 e. The van der Waals surface area contributed by atoms with Crippen LogP contribution in [-0.4, -0.2) is 58.0 Å². The summed E-state index contributed by atoms with van der Waals surface area (Å²) in [7, 11) is 0. The number of carbonyl (C=O) groups excluding carboxylic acids is 3. The molecule has 3 rings (SSSR count). The van der Waals surface area contributed by atoms with Crippen molar-refractivity contribution in [1.29, 1.82) is 0 Å². The van der Waals surface area contributed by atoms with Gasteiger partial charge in [0.1, 0.15) is 24.1 Å². The topological polar surface area (TPSA) is 102 Å². The third-order valence-corrected chi connectivity index (χ3v) is 6.12. The van der Waals surface area contributed by atoms with E-state index in [1.165, 1.54) is 16.7 Å². The van der Waals surface area contributed by atoms with Gasteiger partial charge in [0.15, 0.2) is 0 Å². The highest BCUT2D eigenvalue weighted by molar-refractivity contribution is 8.01. The molecule has 2 fully saturated rings. The van der Waals surface area contributed by atoms with Crippen LogP contribution in [-0.2, 0) is 25.5 Å². The molecule has 3 atom stereocenters. The van der Waals surface area contributed by atoms with Crippen LogP contribution in [0.3, 0.4) is 0 Å². The highest BCUT2D eigenvalue weighted by atomic mass is 32.2. The Kier molecular flexibility index (Phi) is 5.24. The Morgan fingerprint density at radius 1 is 1.31 bits per heavy atom. The van der Waals surface area contributed by atoms with Crippen LogP contribution < -0.4 is 11.1 Å². The lowest BCUT2D eigenvalue weighted by molar-refractivity contribution is -0.164. The number of rotatable bonds is 6. The van der Waals surface area contributed by atoms with Gasteiger partial charge in [-0.05, 0) is 19.4 Å². The van der Waals surface area contributed by atoms with Gasteiger partial charge in [-0.3, -0.25) is 9.59 Å². The van der Waals surface area contributed by atoms with Crippen LogP contribution in [0, 0.1) is 0 Å². The Hall–Kier alpha value is -2.06. The van der Waals surface area contributed by atoms with Crippen molar-refractivity contribution in [3.05, 3.63) is 35.9 Å². The maximum atomic E-state index is 12.6. The summed E-state index contributed by atoms with van der Waals surface area (Å²) in [5, 5.41) is 2.55. The van der Waals surface area contributed by atoms with Gasteiger partial charge < -0.3 is 20.7 Å². The quantitative estimate of drug-likeness (QED) is 0.545.